The lowest BCUT2D eigenvalue weighted by atomic mass is 9.91. The molecule has 5 heteroatoms. The third-order valence-electron chi connectivity index (χ3n) is 4.55. The summed E-state index contributed by atoms with van der Waals surface area (Å²) in [5, 5.41) is 9.86. The van der Waals surface area contributed by atoms with Crippen LogP contribution in [0, 0.1) is 5.92 Å². The summed E-state index contributed by atoms with van der Waals surface area (Å²) in [5.74, 6) is 3.60. The van der Waals surface area contributed by atoms with Crippen LogP contribution in [-0.2, 0) is 6.54 Å². The summed E-state index contributed by atoms with van der Waals surface area (Å²) < 4.78 is 7.62. The number of para-hydroxylation sites is 1. The molecule has 2 aromatic rings. The molecule has 4 nitrogen and oxygen atoms in total. The first-order valence-electron chi connectivity index (χ1n) is 8.63. The molecule has 1 aliphatic carbocycles. The zero-order chi connectivity index (χ0) is 16.8. The SMILES string of the molecule is C=CCn1c(SCC2CCCCC2)nnc1-c1ccccc1OC. The van der Waals surface area contributed by atoms with Crippen molar-refractivity contribution in [3.63, 3.8) is 0 Å². The van der Waals surface area contributed by atoms with Gasteiger partial charge in [0.1, 0.15) is 5.75 Å². The highest BCUT2D eigenvalue weighted by atomic mass is 32.2. The lowest BCUT2D eigenvalue weighted by Crippen LogP contribution is -2.09. The molecule has 0 radical (unpaired) electrons. The van der Waals surface area contributed by atoms with Gasteiger partial charge in [-0.1, -0.05) is 49.2 Å². The molecule has 0 aliphatic heterocycles. The van der Waals surface area contributed by atoms with Gasteiger partial charge in [0.05, 0.1) is 12.7 Å². The molecule has 1 fully saturated rings. The van der Waals surface area contributed by atoms with Crippen LogP contribution in [-0.4, -0.2) is 27.6 Å². The van der Waals surface area contributed by atoms with Crippen molar-refractivity contribution in [2.24, 2.45) is 5.92 Å². The highest BCUT2D eigenvalue weighted by Gasteiger charge is 2.19. The minimum absolute atomic E-state index is 0.702. The molecule has 1 saturated carbocycles. The normalized spacial score (nSPS) is 15.4. The number of hydrogen-bond donors (Lipinski definition) is 0. The molecule has 0 amide bonds. The maximum Gasteiger partial charge on any atom is 0.191 e. The van der Waals surface area contributed by atoms with Crippen LogP contribution in [0.2, 0.25) is 0 Å². The van der Waals surface area contributed by atoms with E-state index in [1.54, 1.807) is 7.11 Å². The largest absolute Gasteiger partial charge is 0.496 e. The number of rotatable bonds is 7. The Hall–Kier alpha value is -1.75. The average Bonchev–Trinajstić information content (AvgIpc) is 3.03. The molecule has 1 aromatic carbocycles. The summed E-state index contributed by atoms with van der Waals surface area (Å²) in [6.45, 7) is 4.59. The van der Waals surface area contributed by atoms with E-state index >= 15 is 0 Å². The minimum Gasteiger partial charge on any atom is -0.496 e. The molecule has 3 rings (SSSR count). The Morgan fingerprint density at radius 2 is 2.04 bits per heavy atom. The fourth-order valence-electron chi connectivity index (χ4n) is 3.26. The molecule has 0 saturated heterocycles. The fraction of sp³-hybridized carbons (Fsp3) is 0.474. The van der Waals surface area contributed by atoms with Crippen molar-refractivity contribution in [2.45, 2.75) is 43.8 Å². The number of thioether (sulfide) groups is 1. The monoisotopic (exact) mass is 343 g/mol. The lowest BCUT2D eigenvalue weighted by Gasteiger charge is -2.20. The van der Waals surface area contributed by atoms with E-state index in [1.165, 1.54) is 32.1 Å². The lowest BCUT2D eigenvalue weighted by molar-refractivity contribution is 0.390. The first-order valence-corrected chi connectivity index (χ1v) is 9.62. The van der Waals surface area contributed by atoms with Crippen LogP contribution in [0.5, 0.6) is 5.75 Å². The Kier molecular flexibility index (Phi) is 5.96. The minimum atomic E-state index is 0.702. The summed E-state index contributed by atoms with van der Waals surface area (Å²) in [4.78, 5) is 0. The van der Waals surface area contributed by atoms with E-state index in [9.17, 15) is 0 Å². The predicted octanol–water partition coefficient (Wildman–Crippen LogP) is 4.81. The topological polar surface area (TPSA) is 39.9 Å². The fourth-order valence-corrected chi connectivity index (χ4v) is 4.40. The zero-order valence-corrected chi connectivity index (χ0v) is 15.1. The van der Waals surface area contributed by atoms with Gasteiger partial charge >= 0.3 is 0 Å². The van der Waals surface area contributed by atoms with E-state index in [4.69, 9.17) is 4.74 Å². The van der Waals surface area contributed by atoms with Gasteiger partial charge in [0.15, 0.2) is 11.0 Å². The van der Waals surface area contributed by atoms with E-state index in [-0.39, 0.29) is 0 Å². The van der Waals surface area contributed by atoms with Gasteiger partial charge in [0.25, 0.3) is 0 Å². The summed E-state index contributed by atoms with van der Waals surface area (Å²) >= 11 is 1.82. The van der Waals surface area contributed by atoms with Gasteiger partial charge in [-0.25, -0.2) is 0 Å². The van der Waals surface area contributed by atoms with Crippen LogP contribution in [0.15, 0.2) is 42.1 Å². The van der Waals surface area contributed by atoms with Gasteiger partial charge in [-0.2, -0.15) is 0 Å². The Morgan fingerprint density at radius 1 is 1.25 bits per heavy atom. The van der Waals surface area contributed by atoms with Crippen molar-refractivity contribution in [3.8, 4) is 17.1 Å². The van der Waals surface area contributed by atoms with Crippen LogP contribution in [0.25, 0.3) is 11.4 Å². The number of allylic oxidation sites excluding steroid dienone is 1. The molecule has 0 unspecified atom stereocenters. The summed E-state index contributed by atoms with van der Waals surface area (Å²) in [5.41, 5.74) is 0.971. The van der Waals surface area contributed by atoms with Crippen LogP contribution in [0.4, 0.5) is 0 Å². The Balaban J connectivity index is 1.83. The maximum atomic E-state index is 5.48. The number of benzene rings is 1. The molecule has 1 aromatic heterocycles. The Labute approximate surface area is 148 Å². The summed E-state index contributed by atoms with van der Waals surface area (Å²) in [7, 11) is 1.69. The Bertz CT molecular complexity index is 677. The average molecular weight is 343 g/mol. The molecule has 0 spiro atoms. The third-order valence-corrected chi connectivity index (χ3v) is 5.75. The molecule has 0 atom stereocenters. The van der Waals surface area contributed by atoms with Gasteiger partial charge in [-0.15, -0.1) is 16.8 Å². The van der Waals surface area contributed by atoms with Crippen molar-refractivity contribution in [2.75, 3.05) is 12.9 Å². The highest BCUT2D eigenvalue weighted by molar-refractivity contribution is 7.99. The van der Waals surface area contributed by atoms with Crippen molar-refractivity contribution >= 4 is 11.8 Å². The van der Waals surface area contributed by atoms with E-state index in [1.807, 2.05) is 42.1 Å². The molecule has 1 aliphatic rings. The van der Waals surface area contributed by atoms with Gasteiger partial charge < -0.3 is 4.74 Å². The standard InChI is InChI=1S/C19H25N3OS/c1-3-13-22-18(16-11-7-8-12-17(16)23-2)20-21-19(22)24-14-15-9-5-4-6-10-15/h3,7-8,11-12,15H,1,4-6,9-10,13-14H2,2H3. The van der Waals surface area contributed by atoms with Crippen LogP contribution in [0.3, 0.4) is 0 Å². The molecule has 0 N–H and O–H groups in total. The van der Waals surface area contributed by atoms with Crippen molar-refractivity contribution < 1.29 is 4.74 Å². The van der Waals surface area contributed by atoms with Crippen LogP contribution < -0.4 is 4.74 Å². The molecule has 24 heavy (non-hydrogen) atoms. The maximum absolute atomic E-state index is 5.48. The molecule has 128 valence electrons. The van der Waals surface area contributed by atoms with E-state index in [2.05, 4.69) is 21.3 Å². The number of nitrogens with zero attached hydrogens (tertiary/aromatic N) is 3. The van der Waals surface area contributed by atoms with Crippen molar-refractivity contribution in [1.82, 2.24) is 14.8 Å². The second kappa shape index (κ2) is 8.38. The summed E-state index contributed by atoms with van der Waals surface area (Å²) in [6.07, 6.45) is 8.73. The predicted molar refractivity (Wildman–Crippen MR) is 99.5 cm³/mol. The second-order valence-corrected chi connectivity index (χ2v) is 7.21. The molecular formula is C19H25N3OS. The number of methoxy groups -OCH3 is 1. The Morgan fingerprint density at radius 3 is 2.79 bits per heavy atom. The quantitative estimate of drug-likeness (QED) is 0.534. The molecular weight excluding hydrogens is 318 g/mol. The van der Waals surface area contributed by atoms with Crippen LogP contribution >= 0.6 is 11.8 Å². The molecule has 1 heterocycles. The van der Waals surface area contributed by atoms with Gasteiger partial charge in [0.2, 0.25) is 0 Å². The molecule has 0 bridgehead atoms. The number of ether oxygens (including phenoxy) is 1. The van der Waals surface area contributed by atoms with E-state index in [0.29, 0.717) is 6.54 Å². The zero-order valence-electron chi connectivity index (χ0n) is 14.3. The first-order chi connectivity index (χ1) is 11.8. The van der Waals surface area contributed by atoms with E-state index in [0.717, 1.165) is 34.0 Å². The van der Waals surface area contributed by atoms with Crippen molar-refractivity contribution in [1.29, 1.82) is 0 Å². The van der Waals surface area contributed by atoms with Gasteiger partial charge in [0, 0.05) is 12.3 Å². The van der Waals surface area contributed by atoms with Crippen LogP contribution in [0.1, 0.15) is 32.1 Å². The third kappa shape index (κ3) is 3.83. The van der Waals surface area contributed by atoms with E-state index < -0.39 is 0 Å². The number of aromatic nitrogens is 3. The second-order valence-electron chi connectivity index (χ2n) is 6.22. The van der Waals surface area contributed by atoms with Gasteiger partial charge in [-0.3, -0.25) is 4.57 Å². The highest BCUT2D eigenvalue weighted by Crippen LogP contribution is 2.33. The summed E-state index contributed by atoms with van der Waals surface area (Å²) in [6, 6.07) is 7.95. The number of hydrogen-bond acceptors (Lipinski definition) is 4. The van der Waals surface area contributed by atoms with Gasteiger partial charge in [-0.05, 0) is 30.9 Å². The first kappa shape index (κ1) is 17.1. The van der Waals surface area contributed by atoms with Crippen molar-refractivity contribution in [3.05, 3.63) is 36.9 Å². The smallest absolute Gasteiger partial charge is 0.191 e.